The van der Waals surface area contributed by atoms with Crippen molar-refractivity contribution < 1.29 is 4.84 Å². The van der Waals surface area contributed by atoms with Gasteiger partial charge in [-0.25, -0.2) is 0 Å². The molecule has 0 aromatic rings. The van der Waals surface area contributed by atoms with Crippen LogP contribution < -0.4 is 5.48 Å². The molecular weight excluding hydrogens is 138 g/mol. The van der Waals surface area contributed by atoms with Gasteiger partial charge in [0.15, 0.2) is 0 Å². The van der Waals surface area contributed by atoms with Gasteiger partial charge in [-0.2, -0.15) is 5.48 Å². The molecule has 1 unspecified atom stereocenters. The first-order valence-corrected chi connectivity index (χ1v) is 4.25. The smallest absolute Gasteiger partial charge is 0.0734 e. The minimum atomic E-state index is 0.250. The minimum absolute atomic E-state index is 0.250. The maximum atomic E-state index is 5.28. The molecule has 0 rings (SSSR count). The maximum absolute atomic E-state index is 5.28. The molecule has 1 N–H and O–H groups in total. The summed E-state index contributed by atoms with van der Waals surface area (Å²) in [6, 6.07) is 0.380. The number of rotatable bonds is 3. The topological polar surface area (TPSA) is 21.3 Å². The second-order valence-corrected chi connectivity index (χ2v) is 4.37. The quantitative estimate of drug-likeness (QED) is 0.638. The molecule has 11 heavy (non-hydrogen) atoms. The first-order chi connectivity index (χ1) is 4.84. The lowest BCUT2D eigenvalue weighted by atomic mass is 9.89. The zero-order chi connectivity index (χ0) is 9.07. The van der Waals surface area contributed by atoms with Crippen LogP contribution in [0.2, 0.25) is 0 Å². The van der Waals surface area contributed by atoms with Crippen molar-refractivity contribution in [2.45, 2.75) is 53.7 Å². The summed E-state index contributed by atoms with van der Waals surface area (Å²) in [5.74, 6) is 0. The van der Waals surface area contributed by atoms with E-state index in [0.717, 1.165) is 0 Å². The van der Waals surface area contributed by atoms with E-state index in [0.29, 0.717) is 6.04 Å². The first kappa shape index (κ1) is 10.9. The van der Waals surface area contributed by atoms with Crippen LogP contribution in [0.15, 0.2) is 0 Å². The van der Waals surface area contributed by atoms with Crippen LogP contribution in [-0.2, 0) is 4.84 Å². The highest BCUT2D eigenvalue weighted by Gasteiger charge is 2.19. The van der Waals surface area contributed by atoms with Gasteiger partial charge in [-0.1, -0.05) is 20.8 Å². The fraction of sp³-hybridized carbons (Fsp3) is 1.00. The molecule has 68 valence electrons. The average Bonchev–Trinajstić information content (AvgIpc) is 1.80. The van der Waals surface area contributed by atoms with Crippen LogP contribution in [0.5, 0.6) is 0 Å². The second-order valence-electron chi connectivity index (χ2n) is 4.37. The lowest BCUT2D eigenvalue weighted by Gasteiger charge is -2.28. The summed E-state index contributed by atoms with van der Waals surface area (Å²) >= 11 is 0. The van der Waals surface area contributed by atoms with E-state index in [9.17, 15) is 0 Å². The predicted molar refractivity (Wildman–Crippen MR) is 48.3 cm³/mol. The lowest BCUT2D eigenvalue weighted by Crippen LogP contribution is -2.38. The molecule has 0 saturated carbocycles. The van der Waals surface area contributed by atoms with Crippen molar-refractivity contribution in [3.8, 4) is 0 Å². The normalized spacial score (nSPS) is 15.5. The molecule has 0 heterocycles. The number of hydroxylamine groups is 1. The molecule has 0 aliphatic carbocycles. The van der Waals surface area contributed by atoms with Gasteiger partial charge in [-0.05, 0) is 26.2 Å². The van der Waals surface area contributed by atoms with E-state index in [1.165, 1.54) is 0 Å². The van der Waals surface area contributed by atoms with Gasteiger partial charge in [0, 0.05) is 6.04 Å². The summed E-state index contributed by atoms with van der Waals surface area (Å²) in [5, 5.41) is 0. The van der Waals surface area contributed by atoms with Crippen LogP contribution in [0.1, 0.15) is 41.5 Å². The SMILES string of the molecule is CC(C)ONC(C)C(C)(C)C. The van der Waals surface area contributed by atoms with Crippen molar-refractivity contribution in [2.24, 2.45) is 5.41 Å². The van der Waals surface area contributed by atoms with Crippen LogP contribution in [-0.4, -0.2) is 12.1 Å². The van der Waals surface area contributed by atoms with Crippen molar-refractivity contribution in [3.63, 3.8) is 0 Å². The Hall–Kier alpha value is -0.0800. The molecule has 0 aliphatic rings. The summed E-state index contributed by atoms with van der Waals surface area (Å²) in [4.78, 5) is 5.28. The Balaban J connectivity index is 3.61. The van der Waals surface area contributed by atoms with Gasteiger partial charge in [0.2, 0.25) is 0 Å². The molecule has 2 heteroatoms. The first-order valence-electron chi connectivity index (χ1n) is 4.25. The van der Waals surface area contributed by atoms with Crippen molar-refractivity contribution in [1.29, 1.82) is 0 Å². The average molecular weight is 159 g/mol. The Morgan fingerprint density at radius 3 is 1.82 bits per heavy atom. The zero-order valence-electron chi connectivity index (χ0n) is 8.56. The van der Waals surface area contributed by atoms with Crippen LogP contribution in [0, 0.1) is 5.41 Å². The highest BCUT2D eigenvalue weighted by molar-refractivity contribution is 4.72. The monoisotopic (exact) mass is 159 g/mol. The standard InChI is InChI=1S/C9H21NO/c1-7(2)11-10-8(3)9(4,5)6/h7-8,10H,1-6H3. The minimum Gasteiger partial charge on any atom is -0.299 e. The summed E-state index contributed by atoms with van der Waals surface area (Å²) < 4.78 is 0. The fourth-order valence-electron chi connectivity index (χ4n) is 0.415. The molecule has 0 spiro atoms. The summed E-state index contributed by atoms with van der Waals surface area (Å²) in [5.41, 5.74) is 3.28. The summed E-state index contributed by atoms with van der Waals surface area (Å²) in [6.07, 6.45) is 0.250. The van der Waals surface area contributed by atoms with E-state index in [-0.39, 0.29) is 11.5 Å². The third-order valence-electron chi connectivity index (χ3n) is 1.78. The van der Waals surface area contributed by atoms with Crippen LogP contribution in [0.25, 0.3) is 0 Å². The van der Waals surface area contributed by atoms with Gasteiger partial charge in [0.25, 0.3) is 0 Å². The van der Waals surface area contributed by atoms with E-state index in [2.05, 4.69) is 33.2 Å². The van der Waals surface area contributed by atoms with Crippen LogP contribution in [0.3, 0.4) is 0 Å². The maximum Gasteiger partial charge on any atom is 0.0734 e. The largest absolute Gasteiger partial charge is 0.299 e. The Kier molecular flexibility index (Phi) is 4.04. The van der Waals surface area contributed by atoms with Crippen LogP contribution in [0.4, 0.5) is 0 Å². The predicted octanol–water partition coefficient (Wildman–Crippen LogP) is 2.35. The fourth-order valence-corrected chi connectivity index (χ4v) is 0.415. The Morgan fingerprint density at radius 2 is 1.55 bits per heavy atom. The van der Waals surface area contributed by atoms with E-state index in [1.807, 2.05) is 13.8 Å². The molecule has 0 aromatic carbocycles. The Labute approximate surface area is 70.3 Å². The molecule has 0 aliphatic heterocycles. The molecule has 0 aromatic heterocycles. The summed E-state index contributed by atoms with van der Waals surface area (Å²) in [6.45, 7) is 12.7. The molecule has 1 atom stereocenters. The van der Waals surface area contributed by atoms with E-state index >= 15 is 0 Å². The number of hydrogen-bond donors (Lipinski definition) is 1. The second kappa shape index (κ2) is 4.07. The van der Waals surface area contributed by atoms with Gasteiger partial charge in [0.1, 0.15) is 0 Å². The third-order valence-corrected chi connectivity index (χ3v) is 1.78. The molecule has 0 fully saturated rings. The van der Waals surface area contributed by atoms with E-state index < -0.39 is 0 Å². The Bertz CT molecular complexity index is 105. The highest BCUT2D eigenvalue weighted by Crippen LogP contribution is 2.18. The van der Waals surface area contributed by atoms with Crippen LogP contribution >= 0.6 is 0 Å². The molecule has 0 saturated heterocycles. The Morgan fingerprint density at radius 1 is 1.09 bits per heavy atom. The van der Waals surface area contributed by atoms with Gasteiger partial charge in [0.05, 0.1) is 6.10 Å². The van der Waals surface area contributed by atoms with Gasteiger partial charge in [-0.15, -0.1) is 0 Å². The lowest BCUT2D eigenvalue weighted by molar-refractivity contribution is -0.0429. The van der Waals surface area contributed by atoms with Gasteiger partial charge < -0.3 is 0 Å². The molecule has 2 nitrogen and oxygen atoms in total. The highest BCUT2D eigenvalue weighted by atomic mass is 16.7. The summed E-state index contributed by atoms with van der Waals surface area (Å²) in [7, 11) is 0. The van der Waals surface area contributed by atoms with Crippen molar-refractivity contribution in [3.05, 3.63) is 0 Å². The van der Waals surface area contributed by atoms with E-state index in [4.69, 9.17) is 4.84 Å². The molecule has 0 amide bonds. The van der Waals surface area contributed by atoms with Crippen molar-refractivity contribution >= 4 is 0 Å². The molecule has 0 radical (unpaired) electrons. The number of hydrogen-bond acceptors (Lipinski definition) is 2. The van der Waals surface area contributed by atoms with Crippen molar-refractivity contribution in [2.75, 3.05) is 0 Å². The third kappa shape index (κ3) is 5.22. The van der Waals surface area contributed by atoms with E-state index in [1.54, 1.807) is 0 Å². The number of nitrogens with one attached hydrogen (secondary N) is 1. The van der Waals surface area contributed by atoms with Crippen molar-refractivity contribution in [1.82, 2.24) is 5.48 Å². The van der Waals surface area contributed by atoms with Gasteiger partial charge >= 0.3 is 0 Å². The zero-order valence-corrected chi connectivity index (χ0v) is 8.56. The van der Waals surface area contributed by atoms with Gasteiger partial charge in [-0.3, -0.25) is 4.84 Å². The molecule has 0 bridgehead atoms. The molecular formula is C9H21NO.